The van der Waals surface area contributed by atoms with Crippen LogP contribution in [0, 0.1) is 5.92 Å². The van der Waals surface area contributed by atoms with Gasteiger partial charge in [-0.05, 0) is 57.7 Å². The van der Waals surface area contributed by atoms with E-state index in [0.29, 0.717) is 30.6 Å². The number of hydrogen-bond donors (Lipinski definition) is 1. The Hall–Kier alpha value is -1.94. The largest absolute Gasteiger partial charge is 0.508 e. The van der Waals surface area contributed by atoms with Crippen molar-refractivity contribution in [2.75, 3.05) is 13.2 Å². The number of phenols is 1. The summed E-state index contributed by atoms with van der Waals surface area (Å²) in [5, 5.41) is 10.4. The molecule has 3 aliphatic rings. The number of phenolic OH excluding ortho intramolecular Hbond substituents is 1. The van der Waals surface area contributed by atoms with Crippen molar-refractivity contribution in [3.63, 3.8) is 0 Å². The van der Waals surface area contributed by atoms with Gasteiger partial charge in [-0.15, -0.1) is 0 Å². The highest BCUT2D eigenvalue weighted by atomic mass is 16.5. The minimum absolute atomic E-state index is 0.0959. The van der Waals surface area contributed by atoms with Crippen LogP contribution in [-0.2, 0) is 9.47 Å². The lowest BCUT2D eigenvalue weighted by Crippen LogP contribution is -2.40. The van der Waals surface area contributed by atoms with Crippen LogP contribution in [0.2, 0.25) is 0 Å². The molecule has 0 radical (unpaired) electrons. The first-order chi connectivity index (χ1) is 12.5. The fourth-order valence-electron chi connectivity index (χ4n) is 4.35. The summed E-state index contributed by atoms with van der Waals surface area (Å²) in [6, 6.07) is 5.61. The molecule has 1 aromatic carbocycles. The lowest BCUT2D eigenvalue weighted by molar-refractivity contribution is -0.0320. The van der Waals surface area contributed by atoms with Gasteiger partial charge in [0.15, 0.2) is 0 Å². The van der Waals surface area contributed by atoms with Crippen LogP contribution in [0.3, 0.4) is 0 Å². The second-order valence-corrected chi connectivity index (χ2v) is 8.11. The molecule has 0 spiro atoms. The van der Waals surface area contributed by atoms with Gasteiger partial charge in [0.1, 0.15) is 22.9 Å². The summed E-state index contributed by atoms with van der Waals surface area (Å²) in [6.07, 6.45) is 7.50. The summed E-state index contributed by atoms with van der Waals surface area (Å²) in [7, 11) is 0. The van der Waals surface area contributed by atoms with E-state index >= 15 is 0 Å². The number of aromatic hydroxyl groups is 1. The van der Waals surface area contributed by atoms with Gasteiger partial charge in [0, 0.05) is 23.5 Å². The van der Waals surface area contributed by atoms with Gasteiger partial charge >= 0.3 is 0 Å². The minimum atomic E-state index is -0.0959. The van der Waals surface area contributed by atoms with Crippen molar-refractivity contribution in [3.8, 4) is 11.5 Å². The molecule has 4 rings (SSSR count). The molecular formula is C22H28O4. The van der Waals surface area contributed by atoms with E-state index in [9.17, 15) is 5.11 Å². The van der Waals surface area contributed by atoms with E-state index in [1.165, 1.54) is 5.57 Å². The smallest absolute Gasteiger partial charge is 0.122 e. The molecule has 1 fully saturated rings. The van der Waals surface area contributed by atoms with Gasteiger partial charge in [0.25, 0.3) is 0 Å². The number of allylic oxidation sites excluding steroid dienone is 1. The van der Waals surface area contributed by atoms with Crippen molar-refractivity contribution in [2.45, 2.75) is 57.7 Å². The van der Waals surface area contributed by atoms with Crippen LogP contribution >= 0.6 is 0 Å². The molecule has 0 amide bonds. The Kier molecular flexibility index (Phi) is 4.47. The van der Waals surface area contributed by atoms with E-state index in [2.05, 4.69) is 26.0 Å². The normalized spacial score (nSPS) is 29.6. The number of fused-ring (bicyclic) bond motifs is 2. The number of rotatable bonds is 3. The van der Waals surface area contributed by atoms with Crippen molar-refractivity contribution in [1.82, 2.24) is 0 Å². The Morgan fingerprint density at radius 2 is 2.15 bits per heavy atom. The fourth-order valence-corrected chi connectivity index (χ4v) is 4.35. The first-order valence-corrected chi connectivity index (χ1v) is 9.64. The van der Waals surface area contributed by atoms with Crippen LogP contribution in [0.4, 0.5) is 0 Å². The summed E-state index contributed by atoms with van der Waals surface area (Å²) >= 11 is 0. The molecule has 3 unspecified atom stereocenters. The molecule has 3 atom stereocenters. The van der Waals surface area contributed by atoms with Crippen LogP contribution in [0.1, 0.15) is 51.5 Å². The highest BCUT2D eigenvalue weighted by molar-refractivity contribution is 5.43. The van der Waals surface area contributed by atoms with E-state index in [-0.39, 0.29) is 17.6 Å². The summed E-state index contributed by atoms with van der Waals surface area (Å²) in [5.41, 5.74) is 2.16. The molecule has 1 saturated heterocycles. The molecule has 1 aromatic rings. The highest BCUT2D eigenvalue weighted by Crippen LogP contribution is 2.45. The van der Waals surface area contributed by atoms with Crippen LogP contribution < -0.4 is 4.74 Å². The standard InChI is InChI=1S/C22H28O4/c1-4-24-16-6-7-17(19(23)12-16)15-11-14-5-8-20-18(21(14)25-13-15)9-10-22(2,3)26-20/h5-8,12,14-15,21,23H,4,9-11,13H2,1-3H3. The summed E-state index contributed by atoms with van der Waals surface area (Å²) in [5.74, 6) is 2.54. The molecule has 0 saturated carbocycles. The Balaban J connectivity index is 1.50. The Bertz CT molecular complexity index is 747. The zero-order valence-corrected chi connectivity index (χ0v) is 15.8. The van der Waals surface area contributed by atoms with Crippen molar-refractivity contribution in [3.05, 3.63) is 47.2 Å². The molecule has 4 nitrogen and oxygen atoms in total. The first-order valence-electron chi connectivity index (χ1n) is 9.64. The van der Waals surface area contributed by atoms with Crippen LogP contribution in [0.25, 0.3) is 0 Å². The lowest BCUT2D eigenvalue weighted by atomic mass is 9.76. The Labute approximate surface area is 155 Å². The van der Waals surface area contributed by atoms with Crippen LogP contribution in [-0.4, -0.2) is 30.0 Å². The molecular weight excluding hydrogens is 328 g/mol. The maximum absolute atomic E-state index is 10.4. The second kappa shape index (κ2) is 6.66. The quantitative estimate of drug-likeness (QED) is 0.853. The van der Waals surface area contributed by atoms with Gasteiger partial charge in [-0.3, -0.25) is 0 Å². The average Bonchev–Trinajstić information content (AvgIpc) is 2.60. The zero-order chi connectivity index (χ0) is 18.3. The minimum Gasteiger partial charge on any atom is -0.508 e. The predicted octanol–water partition coefficient (Wildman–Crippen LogP) is 4.69. The van der Waals surface area contributed by atoms with Gasteiger partial charge in [-0.2, -0.15) is 0 Å². The maximum atomic E-state index is 10.4. The average molecular weight is 356 g/mol. The maximum Gasteiger partial charge on any atom is 0.122 e. The van der Waals surface area contributed by atoms with E-state index in [1.807, 2.05) is 19.1 Å². The molecule has 26 heavy (non-hydrogen) atoms. The SMILES string of the molecule is CCOc1ccc(C2COC3C4=C(C=CC3C2)OC(C)(C)CC4)c(O)c1. The van der Waals surface area contributed by atoms with Gasteiger partial charge in [0.2, 0.25) is 0 Å². The summed E-state index contributed by atoms with van der Waals surface area (Å²) in [6.45, 7) is 7.44. The number of hydrogen-bond acceptors (Lipinski definition) is 4. The number of benzene rings is 1. The van der Waals surface area contributed by atoms with Crippen molar-refractivity contribution >= 4 is 0 Å². The molecule has 0 bridgehead atoms. The van der Waals surface area contributed by atoms with Gasteiger partial charge in [-0.1, -0.05) is 12.1 Å². The van der Waals surface area contributed by atoms with E-state index < -0.39 is 0 Å². The van der Waals surface area contributed by atoms with Crippen molar-refractivity contribution in [2.24, 2.45) is 5.92 Å². The monoisotopic (exact) mass is 356 g/mol. The zero-order valence-electron chi connectivity index (χ0n) is 15.8. The third kappa shape index (κ3) is 3.23. The summed E-state index contributed by atoms with van der Waals surface area (Å²) < 4.78 is 17.9. The van der Waals surface area contributed by atoms with E-state index in [4.69, 9.17) is 14.2 Å². The van der Waals surface area contributed by atoms with E-state index in [1.54, 1.807) is 6.07 Å². The van der Waals surface area contributed by atoms with Crippen molar-refractivity contribution in [1.29, 1.82) is 0 Å². The van der Waals surface area contributed by atoms with E-state index in [0.717, 1.165) is 30.6 Å². The van der Waals surface area contributed by atoms with Crippen LogP contribution in [0.15, 0.2) is 41.7 Å². The molecule has 4 heteroatoms. The topological polar surface area (TPSA) is 47.9 Å². The predicted molar refractivity (Wildman–Crippen MR) is 100 cm³/mol. The Morgan fingerprint density at radius 1 is 1.31 bits per heavy atom. The lowest BCUT2D eigenvalue weighted by Gasteiger charge is -2.43. The second-order valence-electron chi connectivity index (χ2n) is 8.11. The third-order valence-electron chi connectivity index (χ3n) is 5.71. The molecule has 2 aliphatic heterocycles. The molecule has 140 valence electrons. The molecule has 2 heterocycles. The van der Waals surface area contributed by atoms with Gasteiger partial charge < -0.3 is 19.3 Å². The van der Waals surface area contributed by atoms with Crippen LogP contribution in [0.5, 0.6) is 11.5 Å². The highest BCUT2D eigenvalue weighted by Gasteiger charge is 2.40. The molecule has 1 aliphatic carbocycles. The third-order valence-corrected chi connectivity index (χ3v) is 5.71. The molecule has 0 aromatic heterocycles. The Morgan fingerprint density at radius 3 is 2.92 bits per heavy atom. The van der Waals surface area contributed by atoms with Gasteiger partial charge in [-0.25, -0.2) is 0 Å². The first kappa shape index (κ1) is 17.5. The fraction of sp³-hybridized carbons (Fsp3) is 0.545. The van der Waals surface area contributed by atoms with Gasteiger partial charge in [0.05, 0.1) is 19.3 Å². The summed E-state index contributed by atoms with van der Waals surface area (Å²) in [4.78, 5) is 0. The van der Waals surface area contributed by atoms with Crippen molar-refractivity contribution < 1.29 is 19.3 Å². The number of ether oxygens (including phenoxy) is 3. The molecule has 1 N–H and O–H groups in total.